The molecule has 0 amide bonds. The second-order valence-electron chi connectivity index (χ2n) is 23.3. The molecule has 0 radical (unpaired) electrons. The van der Waals surface area contributed by atoms with Crippen molar-refractivity contribution >= 4 is 11.9 Å². The summed E-state index contributed by atoms with van der Waals surface area (Å²) in [6.07, 6.45) is 90.0. The van der Waals surface area contributed by atoms with Crippen LogP contribution in [0.25, 0.3) is 0 Å². The van der Waals surface area contributed by atoms with Crippen LogP contribution in [0.5, 0.6) is 0 Å². The third-order valence-corrected chi connectivity index (χ3v) is 15.6. The van der Waals surface area contributed by atoms with Crippen molar-refractivity contribution in [1.82, 2.24) is 0 Å². The molecular formula is C71H132O5. The van der Waals surface area contributed by atoms with Gasteiger partial charge in [0.05, 0.1) is 6.61 Å². The van der Waals surface area contributed by atoms with Gasteiger partial charge in [0.15, 0.2) is 6.10 Å². The fourth-order valence-corrected chi connectivity index (χ4v) is 10.4. The summed E-state index contributed by atoms with van der Waals surface area (Å²) in [6.45, 7) is 4.18. The van der Waals surface area contributed by atoms with Gasteiger partial charge in [-0.25, -0.2) is 0 Å². The van der Waals surface area contributed by atoms with Gasteiger partial charge in [-0.05, 0) is 77.0 Å². The molecule has 0 fully saturated rings. The minimum absolute atomic E-state index is 0.0612. The van der Waals surface area contributed by atoms with Gasteiger partial charge in [-0.3, -0.25) is 9.59 Å². The highest BCUT2D eigenvalue weighted by Gasteiger charge is 2.16. The molecule has 1 unspecified atom stereocenters. The van der Waals surface area contributed by atoms with Crippen molar-refractivity contribution in [3.05, 3.63) is 48.6 Å². The lowest BCUT2D eigenvalue weighted by atomic mass is 10.0. The maximum absolute atomic E-state index is 12.4. The lowest BCUT2D eigenvalue weighted by Crippen LogP contribution is -2.28. The largest absolute Gasteiger partial charge is 0.462 e. The maximum Gasteiger partial charge on any atom is 0.306 e. The number of hydrogen-bond acceptors (Lipinski definition) is 5. The van der Waals surface area contributed by atoms with E-state index in [0.29, 0.717) is 12.8 Å². The topological polar surface area (TPSA) is 72.8 Å². The molecule has 446 valence electrons. The molecule has 0 saturated carbocycles. The predicted molar refractivity (Wildman–Crippen MR) is 334 cm³/mol. The molecule has 1 N–H and O–H groups in total. The van der Waals surface area contributed by atoms with Crippen molar-refractivity contribution in [2.24, 2.45) is 0 Å². The van der Waals surface area contributed by atoms with Crippen molar-refractivity contribution in [2.75, 3.05) is 13.2 Å². The first-order chi connectivity index (χ1) is 37.6. The van der Waals surface area contributed by atoms with Crippen molar-refractivity contribution in [3.63, 3.8) is 0 Å². The number of carbonyl (C=O) groups excluding carboxylic acids is 2. The Kier molecular flexibility index (Phi) is 65.2. The second kappa shape index (κ2) is 67.1. The summed E-state index contributed by atoms with van der Waals surface area (Å²) in [5.41, 5.74) is 0. The Morgan fingerprint density at radius 2 is 0.526 bits per heavy atom. The average molecular weight is 1070 g/mol. The number of allylic oxidation sites excluding steroid dienone is 8. The van der Waals surface area contributed by atoms with Gasteiger partial charge in [-0.2, -0.15) is 0 Å². The first-order valence-corrected chi connectivity index (χ1v) is 34.2. The van der Waals surface area contributed by atoms with E-state index in [1.54, 1.807) is 0 Å². The minimum Gasteiger partial charge on any atom is -0.462 e. The monoisotopic (exact) mass is 1070 g/mol. The maximum atomic E-state index is 12.4. The van der Waals surface area contributed by atoms with Crippen molar-refractivity contribution in [2.45, 2.75) is 380 Å². The van der Waals surface area contributed by atoms with Crippen LogP contribution in [0.1, 0.15) is 373 Å². The average Bonchev–Trinajstić information content (AvgIpc) is 3.42. The fourth-order valence-electron chi connectivity index (χ4n) is 10.4. The van der Waals surface area contributed by atoms with Gasteiger partial charge >= 0.3 is 11.9 Å². The van der Waals surface area contributed by atoms with E-state index in [2.05, 4.69) is 62.5 Å². The molecule has 76 heavy (non-hydrogen) atoms. The summed E-state index contributed by atoms with van der Waals surface area (Å²) in [7, 11) is 0. The van der Waals surface area contributed by atoms with Crippen LogP contribution in [0.2, 0.25) is 0 Å². The quantitative estimate of drug-likeness (QED) is 0.0373. The minimum atomic E-state index is -0.771. The zero-order valence-electron chi connectivity index (χ0n) is 51.3. The van der Waals surface area contributed by atoms with Gasteiger partial charge in [0.25, 0.3) is 0 Å². The first kappa shape index (κ1) is 73.9. The van der Waals surface area contributed by atoms with Crippen molar-refractivity contribution in [3.8, 4) is 0 Å². The number of rotatable bonds is 64. The van der Waals surface area contributed by atoms with Gasteiger partial charge in [-0.15, -0.1) is 0 Å². The van der Waals surface area contributed by atoms with Crippen LogP contribution in [-0.2, 0) is 19.1 Å². The van der Waals surface area contributed by atoms with Gasteiger partial charge in [0.2, 0.25) is 0 Å². The molecule has 0 saturated heterocycles. The third kappa shape index (κ3) is 64.4. The van der Waals surface area contributed by atoms with Crippen LogP contribution in [0, 0.1) is 0 Å². The van der Waals surface area contributed by atoms with Gasteiger partial charge < -0.3 is 14.6 Å². The lowest BCUT2D eigenvalue weighted by Gasteiger charge is -2.15. The van der Waals surface area contributed by atoms with Crippen molar-refractivity contribution in [1.29, 1.82) is 0 Å². The van der Waals surface area contributed by atoms with Crippen LogP contribution in [0.15, 0.2) is 48.6 Å². The highest BCUT2D eigenvalue weighted by molar-refractivity contribution is 5.70. The van der Waals surface area contributed by atoms with E-state index in [4.69, 9.17) is 9.47 Å². The molecule has 0 spiro atoms. The molecule has 0 aromatic heterocycles. The smallest absolute Gasteiger partial charge is 0.306 e. The summed E-state index contributed by atoms with van der Waals surface area (Å²) in [4.78, 5) is 24.6. The number of aliphatic hydroxyl groups excluding tert-OH is 1. The molecule has 0 bridgehead atoms. The van der Waals surface area contributed by atoms with E-state index >= 15 is 0 Å². The van der Waals surface area contributed by atoms with E-state index in [-0.39, 0.29) is 25.2 Å². The van der Waals surface area contributed by atoms with Crippen LogP contribution in [0.3, 0.4) is 0 Å². The molecule has 0 aliphatic carbocycles. The molecule has 0 aromatic rings. The summed E-state index contributed by atoms with van der Waals surface area (Å²) < 4.78 is 10.8. The molecule has 5 heteroatoms. The lowest BCUT2D eigenvalue weighted by molar-refractivity contribution is -0.161. The van der Waals surface area contributed by atoms with E-state index in [1.165, 1.54) is 295 Å². The first-order valence-electron chi connectivity index (χ1n) is 34.2. The highest BCUT2D eigenvalue weighted by Crippen LogP contribution is 2.18. The Morgan fingerprint density at radius 3 is 0.803 bits per heavy atom. The van der Waals surface area contributed by atoms with Gasteiger partial charge in [0.1, 0.15) is 6.61 Å². The standard InChI is InChI=1S/C71H132O5/c1-3-5-7-9-11-13-15-17-19-21-23-25-27-28-29-30-31-32-33-34-35-36-37-38-39-40-41-42-44-46-48-50-52-54-56-58-60-62-64-66-71(74)76-69(67-72)68-75-70(73)65-63-61-59-57-55-53-51-49-47-45-43-26-24-22-20-18-16-14-12-10-8-6-4-2/h15,17,21-24,27-28,69,72H,3-14,16,18-20,25-26,29-68H2,1-2H3/b17-15-,23-21-,24-22-,28-27-. The number of unbranched alkanes of at least 4 members (excludes halogenated alkanes) is 48. The highest BCUT2D eigenvalue weighted by atomic mass is 16.6. The summed E-state index contributed by atoms with van der Waals surface area (Å²) >= 11 is 0. The molecular weight excluding hydrogens is 933 g/mol. The Morgan fingerprint density at radius 1 is 0.303 bits per heavy atom. The summed E-state index contributed by atoms with van der Waals surface area (Å²) in [5, 5.41) is 9.69. The fraction of sp³-hybridized carbons (Fsp3) is 0.859. The summed E-state index contributed by atoms with van der Waals surface area (Å²) in [5.74, 6) is -0.571. The van der Waals surface area contributed by atoms with Crippen LogP contribution < -0.4 is 0 Å². The molecule has 5 nitrogen and oxygen atoms in total. The number of esters is 2. The number of carbonyl (C=O) groups is 2. The molecule has 0 rings (SSSR count). The molecule has 0 heterocycles. The van der Waals surface area contributed by atoms with Gasteiger partial charge in [0, 0.05) is 12.8 Å². The molecule has 1 atom stereocenters. The zero-order chi connectivity index (χ0) is 54.8. The zero-order valence-corrected chi connectivity index (χ0v) is 51.3. The van der Waals surface area contributed by atoms with Crippen LogP contribution >= 0.6 is 0 Å². The van der Waals surface area contributed by atoms with E-state index < -0.39 is 6.10 Å². The Hall–Kier alpha value is -2.14. The SMILES string of the molecule is CCCCCCC/C=C\C/C=C\C/C=C\CCCCCCCCCCCCCCCCCCCCCCCCCCC(=O)OC(CO)COC(=O)CCCCCCCCCCCCC/C=C\CCCCCCCCCC. The van der Waals surface area contributed by atoms with Gasteiger partial charge in [-0.1, -0.05) is 332 Å². The normalized spacial score (nSPS) is 12.4. The summed E-state index contributed by atoms with van der Waals surface area (Å²) in [6, 6.07) is 0. The van der Waals surface area contributed by atoms with Crippen LogP contribution in [-0.4, -0.2) is 36.4 Å². The van der Waals surface area contributed by atoms with E-state index in [1.807, 2.05) is 0 Å². The third-order valence-electron chi connectivity index (χ3n) is 15.6. The number of ether oxygens (including phenoxy) is 2. The Balaban J connectivity index is 3.39. The molecule has 0 aliphatic heterocycles. The van der Waals surface area contributed by atoms with E-state index in [0.717, 1.165) is 51.4 Å². The Labute approximate surface area is 475 Å². The van der Waals surface area contributed by atoms with Crippen LogP contribution in [0.4, 0.5) is 0 Å². The number of hydrogen-bond donors (Lipinski definition) is 1. The van der Waals surface area contributed by atoms with E-state index in [9.17, 15) is 14.7 Å². The van der Waals surface area contributed by atoms with Crippen molar-refractivity contribution < 1.29 is 24.2 Å². The molecule has 0 aliphatic rings. The number of aliphatic hydroxyl groups is 1. The second-order valence-corrected chi connectivity index (χ2v) is 23.3. The predicted octanol–water partition coefficient (Wildman–Crippen LogP) is 23.5. The Bertz CT molecular complexity index is 1250. The molecule has 0 aromatic carbocycles.